The van der Waals surface area contributed by atoms with E-state index in [0.717, 1.165) is 28.4 Å². The molecular formula is C16H13IN2O5. The summed E-state index contributed by atoms with van der Waals surface area (Å²) < 4.78 is 5.58. The molecule has 0 aliphatic carbocycles. The molecule has 2 rings (SSSR count). The fraction of sp³-hybridized carbons (Fsp3) is 0.125. The van der Waals surface area contributed by atoms with Crippen molar-refractivity contribution in [3.8, 4) is 0 Å². The van der Waals surface area contributed by atoms with Gasteiger partial charge in [-0.3, -0.25) is 14.9 Å². The van der Waals surface area contributed by atoms with Crippen molar-refractivity contribution in [1.82, 2.24) is 0 Å². The molecule has 0 aliphatic heterocycles. The molecule has 0 aliphatic rings. The third-order valence-corrected chi connectivity index (χ3v) is 3.92. The number of non-ortho nitro benzene ring substituents is 1. The van der Waals surface area contributed by atoms with E-state index in [4.69, 9.17) is 0 Å². The number of amides is 1. The molecule has 0 radical (unpaired) electrons. The van der Waals surface area contributed by atoms with E-state index in [9.17, 15) is 19.7 Å². The Labute approximate surface area is 151 Å². The van der Waals surface area contributed by atoms with E-state index in [1.165, 1.54) is 6.07 Å². The molecule has 24 heavy (non-hydrogen) atoms. The maximum atomic E-state index is 12.4. The van der Waals surface area contributed by atoms with Gasteiger partial charge in [0.2, 0.25) is 0 Å². The molecule has 0 saturated carbocycles. The van der Waals surface area contributed by atoms with Crippen molar-refractivity contribution in [2.75, 3.05) is 12.4 Å². The number of carbonyl (C=O) groups excluding carboxylic acids is 2. The lowest BCUT2D eigenvalue weighted by Crippen LogP contribution is -2.14. The first-order valence-electron chi connectivity index (χ1n) is 6.77. The van der Waals surface area contributed by atoms with Crippen molar-refractivity contribution in [1.29, 1.82) is 0 Å². The van der Waals surface area contributed by atoms with Gasteiger partial charge in [-0.2, -0.15) is 0 Å². The first-order chi connectivity index (χ1) is 11.3. The highest BCUT2D eigenvalue weighted by atomic mass is 127. The Hall–Kier alpha value is -2.49. The zero-order valence-corrected chi connectivity index (χ0v) is 15.0. The molecule has 8 heteroatoms. The maximum absolute atomic E-state index is 12.4. The lowest BCUT2D eigenvalue weighted by Gasteiger charge is -2.09. The van der Waals surface area contributed by atoms with Gasteiger partial charge in [-0.15, -0.1) is 0 Å². The highest BCUT2D eigenvalue weighted by Crippen LogP contribution is 2.21. The van der Waals surface area contributed by atoms with Crippen LogP contribution in [0.5, 0.6) is 0 Å². The Bertz CT molecular complexity index is 835. The Morgan fingerprint density at radius 1 is 1.17 bits per heavy atom. The smallest absolute Gasteiger partial charge is 0.338 e. The number of benzene rings is 2. The Morgan fingerprint density at radius 2 is 1.83 bits per heavy atom. The second-order valence-electron chi connectivity index (χ2n) is 4.93. The lowest BCUT2D eigenvalue weighted by atomic mass is 10.1. The summed E-state index contributed by atoms with van der Waals surface area (Å²) in [5, 5.41) is 13.7. The molecule has 1 N–H and O–H groups in total. The number of anilines is 1. The number of carbonyl (C=O) groups is 2. The third kappa shape index (κ3) is 4.07. The predicted octanol–water partition coefficient (Wildman–Crippen LogP) is 3.55. The topological polar surface area (TPSA) is 98.5 Å². The minimum absolute atomic E-state index is 0.00236. The van der Waals surface area contributed by atoms with Gasteiger partial charge < -0.3 is 10.1 Å². The monoisotopic (exact) mass is 440 g/mol. The third-order valence-electron chi connectivity index (χ3n) is 3.25. The van der Waals surface area contributed by atoms with Crippen LogP contribution in [-0.2, 0) is 4.74 Å². The van der Waals surface area contributed by atoms with Crippen LogP contribution >= 0.6 is 22.6 Å². The second-order valence-corrected chi connectivity index (χ2v) is 6.18. The van der Waals surface area contributed by atoms with Crippen molar-refractivity contribution in [2.24, 2.45) is 0 Å². The van der Waals surface area contributed by atoms with E-state index in [0.29, 0.717) is 5.69 Å². The van der Waals surface area contributed by atoms with Gasteiger partial charge in [0.25, 0.3) is 11.6 Å². The first kappa shape index (κ1) is 17.9. The minimum Gasteiger partial charge on any atom is -0.465 e. The standard InChI is InChI=1S/C16H13IN2O5/c1-9-5-12(17)3-4-14(9)18-15(20)10-6-11(16(21)24-2)8-13(7-10)19(22)23/h3-8H,1-2H3,(H,18,20). The molecule has 0 spiro atoms. The second kappa shape index (κ2) is 7.39. The number of methoxy groups -OCH3 is 1. The zero-order valence-electron chi connectivity index (χ0n) is 12.8. The van der Waals surface area contributed by atoms with Gasteiger partial charge in [0.05, 0.1) is 17.6 Å². The average Bonchev–Trinajstić information content (AvgIpc) is 2.56. The van der Waals surface area contributed by atoms with Crippen LogP contribution in [0.25, 0.3) is 0 Å². The molecular weight excluding hydrogens is 427 g/mol. The van der Waals surface area contributed by atoms with E-state index in [1.54, 1.807) is 6.07 Å². The minimum atomic E-state index is -0.752. The number of nitrogens with one attached hydrogen (secondary N) is 1. The summed E-state index contributed by atoms with van der Waals surface area (Å²) in [6, 6.07) is 8.91. The molecule has 2 aromatic rings. The van der Waals surface area contributed by atoms with Gasteiger partial charge in [0, 0.05) is 27.0 Å². The summed E-state index contributed by atoms with van der Waals surface area (Å²) in [5.74, 6) is -1.30. The first-order valence-corrected chi connectivity index (χ1v) is 7.85. The van der Waals surface area contributed by atoms with Crippen LogP contribution in [0, 0.1) is 20.6 Å². The molecule has 0 aromatic heterocycles. The molecule has 124 valence electrons. The fourth-order valence-corrected chi connectivity index (χ4v) is 2.69. The number of hydrogen-bond acceptors (Lipinski definition) is 5. The molecule has 2 aromatic carbocycles. The van der Waals surface area contributed by atoms with Gasteiger partial charge in [0.1, 0.15) is 0 Å². The van der Waals surface area contributed by atoms with E-state index >= 15 is 0 Å². The van der Waals surface area contributed by atoms with Crippen molar-refractivity contribution in [3.63, 3.8) is 0 Å². The Kier molecular flexibility index (Phi) is 5.50. The number of hydrogen-bond donors (Lipinski definition) is 1. The van der Waals surface area contributed by atoms with E-state index in [2.05, 4.69) is 32.6 Å². The van der Waals surface area contributed by atoms with Gasteiger partial charge in [-0.25, -0.2) is 4.79 Å². The van der Waals surface area contributed by atoms with Crippen LogP contribution in [0.3, 0.4) is 0 Å². The normalized spacial score (nSPS) is 10.1. The van der Waals surface area contributed by atoms with Gasteiger partial charge >= 0.3 is 5.97 Å². The fourth-order valence-electron chi connectivity index (χ4n) is 2.05. The molecule has 0 bridgehead atoms. The average molecular weight is 440 g/mol. The summed E-state index contributed by atoms with van der Waals surface area (Å²) in [6.07, 6.45) is 0. The van der Waals surface area contributed by atoms with Crippen molar-refractivity contribution in [3.05, 3.63) is 66.8 Å². The number of halogens is 1. The van der Waals surface area contributed by atoms with Crippen LogP contribution in [0.2, 0.25) is 0 Å². The van der Waals surface area contributed by atoms with Crippen LogP contribution in [-0.4, -0.2) is 23.9 Å². The Balaban J connectivity index is 2.39. The Morgan fingerprint density at radius 3 is 2.42 bits per heavy atom. The quantitative estimate of drug-likeness (QED) is 0.340. The largest absolute Gasteiger partial charge is 0.465 e. The number of rotatable bonds is 4. The number of nitrogens with zero attached hydrogens (tertiary/aromatic N) is 1. The summed E-state index contributed by atoms with van der Waals surface area (Å²) in [6.45, 7) is 1.84. The lowest BCUT2D eigenvalue weighted by molar-refractivity contribution is -0.384. The van der Waals surface area contributed by atoms with Gasteiger partial charge in [-0.05, 0) is 59.3 Å². The van der Waals surface area contributed by atoms with Crippen molar-refractivity contribution < 1.29 is 19.2 Å². The summed E-state index contributed by atoms with van der Waals surface area (Å²) in [5.41, 5.74) is 1.03. The molecule has 0 heterocycles. The van der Waals surface area contributed by atoms with Crippen molar-refractivity contribution >= 4 is 45.8 Å². The SMILES string of the molecule is COC(=O)c1cc(C(=O)Nc2ccc(I)cc2C)cc([N+](=O)[O-])c1. The molecule has 1 amide bonds. The number of esters is 1. The number of nitro groups is 1. The van der Waals surface area contributed by atoms with Crippen LogP contribution in [0.15, 0.2) is 36.4 Å². The highest BCUT2D eigenvalue weighted by molar-refractivity contribution is 14.1. The van der Waals surface area contributed by atoms with Crippen molar-refractivity contribution in [2.45, 2.75) is 6.92 Å². The molecule has 7 nitrogen and oxygen atoms in total. The molecule has 0 atom stereocenters. The van der Waals surface area contributed by atoms with E-state index in [1.807, 2.05) is 19.1 Å². The van der Waals surface area contributed by atoms with Crippen LogP contribution in [0.4, 0.5) is 11.4 Å². The van der Waals surface area contributed by atoms with E-state index < -0.39 is 16.8 Å². The summed E-state index contributed by atoms with van der Waals surface area (Å²) >= 11 is 2.16. The van der Waals surface area contributed by atoms with Gasteiger partial charge in [0.15, 0.2) is 0 Å². The number of nitro benzene ring substituents is 1. The molecule has 0 fully saturated rings. The van der Waals surface area contributed by atoms with Crippen LogP contribution < -0.4 is 5.32 Å². The zero-order chi connectivity index (χ0) is 17.9. The summed E-state index contributed by atoms with van der Waals surface area (Å²) in [4.78, 5) is 34.4. The highest BCUT2D eigenvalue weighted by Gasteiger charge is 2.18. The number of aryl methyl sites for hydroxylation is 1. The van der Waals surface area contributed by atoms with Gasteiger partial charge in [-0.1, -0.05) is 0 Å². The molecule has 0 saturated heterocycles. The van der Waals surface area contributed by atoms with Crippen LogP contribution in [0.1, 0.15) is 26.3 Å². The predicted molar refractivity (Wildman–Crippen MR) is 96.3 cm³/mol. The van der Waals surface area contributed by atoms with E-state index in [-0.39, 0.29) is 16.8 Å². The number of ether oxygens (including phenoxy) is 1. The maximum Gasteiger partial charge on any atom is 0.338 e. The summed E-state index contributed by atoms with van der Waals surface area (Å²) in [7, 11) is 1.16. The molecule has 0 unspecified atom stereocenters.